The quantitative estimate of drug-likeness (QED) is 0.515. The smallest absolute Gasteiger partial charge is 0.272 e. The normalized spacial score (nSPS) is 15.3. The predicted molar refractivity (Wildman–Crippen MR) is 123 cm³/mol. The second-order valence-corrected chi connectivity index (χ2v) is 8.45. The second-order valence-electron chi connectivity index (χ2n) is 7.64. The van der Waals surface area contributed by atoms with Crippen LogP contribution in [0.4, 0.5) is 10.1 Å². The van der Waals surface area contributed by atoms with Crippen molar-refractivity contribution in [1.29, 1.82) is 10.5 Å². The van der Waals surface area contributed by atoms with E-state index in [1.807, 2.05) is 17.0 Å². The summed E-state index contributed by atoms with van der Waals surface area (Å²) < 4.78 is 15.1. The number of nitriles is 2. The van der Waals surface area contributed by atoms with Gasteiger partial charge in [0.2, 0.25) is 0 Å². The lowest BCUT2D eigenvalue weighted by molar-refractivity contribution is 0.198. The number of benzene rings is 1. The molecule has 9 heteroatoms. The van der Waals surface area contributed by atoms with Gasteiger partial charge >= 0.3 is 0 Å². The standard InChI is InChI=1S/C23H20BrFN6O/c1-15(16-2-4-17(25)5-3-16)29-10-12-30(13-11-29)22-18(14-27)23(32)31(9-8-26)19-6-7-20(24)28-21(19)22/h2-7,15H,9-13H2,1H3. The van der Waals surface area contributed by atoms with Gasteiger partial charge in [-0.15, -0.1) is 0 Å². The van der Waals surface area contributed by atoms with Crippen LogP contribution in [0.3, 0.4) is 0 Å². The Bertz CT molecular complexity index is 1300. The number of pyridine rings is 2. The van der Waals surface area contributed by atoms with Gasteiger partial charge in [-0.3, -0.25) is 14.3 Å². The van der Waals surface area contributed by atoms with Gasteiger partial charge in [-0.05, 0) is 52.7 Å². The fourth-order valence-electron chi connectivity index (χ4n) is 4.21. The van der Waals surface area contributed by atoms with Crippen LogP contribution in [-0.4, -0.2) is 40.6 Å². The molecular formula is C23H20BrFN6O. The van der Waals surface area contributed by atoms with Gasteiger partial charge < -0.3 is 4.90 Å². The topological polar surface area (TPSA) is 89.0 Å². The van der Waals surface area contributed by atoms with Gasteiger partial charge in [0.05, 0.1) is 17.3 Å². The van der Waals surface area contributed by atoms with E-state index in [1.54, 1.807) is 24.3 Å². The van der Waals surface area contributed by atoms with Gasteiger partial charge in [0.25, 0.3) is 5.56 Å². The minimum atomic E-state index is -0.484. The average Bonchev–Trinajstić information content (AvgIpc) is 2.80. The molecule has 0 bridgehead atoms. The summed E-state index contributed by atoms with van der Waals surface area (Å²) in [6.45, 7) is 4.55. The summed E-state index contributed by atoms with van der Waals surface area (Å²) in [5.41, 5.74) is 2.10. The van der Waals surface area contributed by atoms with Crippen molar-refractivity contribution in [3.05, 3.63) is 68.3 Å². The number of nitrogens with zero attached hydrogens (tertiary/aromatic N) is 6. The molecule has 162 valence electrons. The van der Waals surface area contributed by atoms with Crippen LogP contribution in [-0.2, 0) is 6.54 Å². The van der Waals surface area contributed by atoms with Crippen LogP contribution in [0.2, 0.25) is 0 Å². The number of piperazine rings is 1. The summed E-state index contributed by atoms with van der Waals surface area (Å²) >= 11 is 3.38. The minimum absolute atomic E-state index is 0.00150. The van der Waals surface area contributed by atoms with Gasteiger partial charge in [-0.1, -0.05) is 12.1 Å². The highest BCUT2D eigenvalue weighted by atomic mass is 79.9. The van der Waals surface area contributed by atoms with Gasteiger partial charge in [-0.25, -0.2) is 9.37 Å². The molecule has 1 aliphatic heterocycles. The third kappa shape index (κ3) is 3.97. The van der Waals surface area contributed by atoms with Gasteiger partial charge in [-0.2, -0.15) is 10.5 Å². The van der Waals surface area contributed by atoms with E-state index in [4.69, 9.17) is 0 Å². The van der Waals surface area contributed by atoms with Crippen molar-refractivity contribution >= 4 is 32.7 Å². The van der Waals surface area contributed by atoms with Gasteiger partial charge in [0.1, 0.15) is 34.1 Å². The molecule has 0 aliphatic carbocycles. The number of hydrogen-bond acceptors (Lipinski definition) is 6. The van der Waals surface area contributed by atoms with Crippen LogP contribution < -0.4 is 10.5 Å². The third-order valence-corrected chi connectivity index (χ3v) is 6.36. The maximum atomic E-state index is 13.3. The van der Waals surface area contributed by atoms with Crippen molar-refractivity contribution < 1.29 is 4.39 Å². The van der Waals surface area contributed by atoms with E-state index in [1.165, 1.54) is 16.7 Å². The van der Waals surface area contributed by atoms with Crippen LogP contribution in [0.25, 0.3) is 11.0 Å². The Morgan fingerprint density at radius 2 is 1.81 bits per heavy atom. The van der Waals surface area contributed by atoms with Gasteiger partial charge in [0.15, 0.2) is 0 Å². The Morgan fingerprint density at radius 1 is 1.12 bits per heavy atom. The summed E-state index contributed by atoms with van der Waals surface area (Å²) in [6.07, 6.45) is 0. The van der Waals surface area contributed by atoms with E-state index in [-0.39, 0.29) is 24.0 Å². The van der Waals surface area contributed by atoms with Crippen LogP contribution in [0.5, 0.6) is 0 Å². The molecule has 0 radical (unpaired) electrons. The third-order valence-electron chi connectivity index (χ3n) is 5.92. The van der Waals surface area contributed by atoms with E-state index >= 15 is 0 Å². The fourth-order valence-corrected chi connectivity index (χ4v) is 4.51. The molecule has 0 saturated carbocycles. The van der Waals surface area contributed by atoms with Gasteiger partial charge in [0, 0.05) is 32.2 Å². The molecule has 1 atom stereocenters. The lowest BCUT2D eigenvalue weighted by Crippen LogP contribution is -2.48. The van der Waals surface area contributed by atoms with Crippen molar-refractivity contribution in [2.45, 2.75) is 19.5 Å². The number of halogens is 2. The largest absolute Gasteiger partial charge is 0.366 e. The molecule has 1 unspecified atom stereocenters. The zero-order chi connectivity index (χ0) is 22.8. The molecule has 0 N–H and O–H groups in total. The highest BCUT2D eigenvalue weighted by Gasteiger charge is 2.27. The first-order valence-electron chi connectivity index (χ1n) is 10.2. The maximum absolute atomic E-state index is 13.3. The molecule has 3 heterocycles. The van der Waals surface area contributed by atoms with Crippen molar-refractivity contribution in [2.75, 3.05) is 31.1 Å². The maximum Gasteiger partial charge on any atom is 0.272 e. The van der Waals surface area contributed by atoms with E-state index in [2.05, 4.69) is 32.7 Å². The summed E-state index contributed by atoms with van der Waals surface area (Å²) in [5.74, 6) is -0.258. The van der Waals surface area contributed by atoms with Crippen LogP contribution in [0.1, 0.15) is 24.1 Å². The Morgan fingerprint density at radius 3 is 2.44 bits per heavy atom. The SMILES string of the molecule is CC(c1ccc(F)cc1)N1CCN(c2c(C#N)c(=O)n(CC#N)c3ccc(Br)nc23)CC1. The number of fused-ring (bicyclic) bond motifs is 1. The first kappa shape index (κ1) is 21.9. The Kier molecular flexibility index (Phi) is 6.22. The van der Waals surface area contributed by atoms with E-state index in [9.17, 15) is 19.7 Å². The van der Waals surface area contributed by atoms with Crippen molar-refractivity contribution in [2.24, 2.45) is 0 Å². The fraction of sp³-hybridized carbons (Fsp3) is 0.304. The van der Waals surface area contributed by atoms with E-state index in [0.717, 1.165) is 5.56 Å². The molecule has 1 aromatic carbocycles. The Hall–Kier alpha value is -3.27. The molecule has 0 spiro atoms. The van der Waals surface area contributed by atoms with Crippen LogP contribution in [0.15, 0.2) is 45.8 Å². The monoisotopic (exact) mass is 494 g/mol. The molecule has 2 aromatic heterocycles. The Labute approximate surface area is 193 Å². The summed E-state index contributed by atoms with van der Waals surface area (Å²) in [4.78, 5) is 21.9. The summed E-state index contributed by atoms with van der Waals surface area (Å²) in [5, 5.41) is 19.0. The molecule has 4 rings (SSSR count). The highest BCUT2D eigenvalue weighted by molar-refractivity contribution is 9.10. The van der Waals surface area contributed by atoms with Crippen LogP contribution >= 0.6 is 15.9 Å². The van der Waals surface area contributed by atoms with E-state index in [0.29, 0.717) is 47.5 Å². The number of rotatable bonds is 4. The summed E-state index contributed by atoms with van der Waals surface area (Å²) in [7, 11) is 0. The molecule has 7 nitrogen and oxygen atoms in total. The minimum Gasteiger partial charge on any atom is -0.366 e. The predicted octanol–water partition coefficient (Wildman–Crippen LogP) is 3.58. The number of anilines is 1. The lowest BCUT2D eigenvalue weighted by Gasteiger charge is -2.39. The average molecular weight is 495 g/mol. The van der Waals surface area contributed by atoms with Crippen LogP contribution in [0, 0.1) is 28.5 Å². The molecule has 1 aliphatic rings. The second kappa shape index (κ2) is 9.07. The van der Waals surface area contributed by atoms with Crippen molar-refractivity contribution in [3.63, 3.8) is 0 Å². The lowest BCUT2D eigenvalue weighted by atomic mass is 10.1. The number of hydrogen-bond donors (Lipinski definition) is 0. The molecule has 1 fully saturated rings. The summed E-state index contributed by atoms with van der Waals surface area (Å²) in [6, 6.07) is 14.1. The Balaban J connectivity index is 1.69. The first-order valence-corrected chi connectivity index (χ1v) is 11.0. The molecule has 0 amide bonds. The zero-order valence-corrected chi connectivity index (χ0v) is 19.0. The number of aromatic nitrogens is 2. The first-order chi connectivity index (χ1) is 15.4. The molecule has 32 heavy (non-hydrogen) atoms. The van der Waals surface area contributed by atoms with Crippen molar-refractivity contribution in [1.82, 2.24) is 14.5 Å². The van der Waals surface area contributed by atoms with E-state index < -0.39 is 5.56 Å². The zero-order valence-electron chi connectivity index (χ0n) is 17.4. The molecule has 1 saturated heterocycles. The van der Waals surface area contributed by atoms with Crippen molar-refractivity contribution in [3.8, 4) is 12.1 Å². The molecule has 3 aromatic rings. The molecular weight excluding hydrogens is 475 g/mol. The highest BCUT2D eigenvalue weighted by Crippen LogP contribution is 2.31.